The van der Waals surface area contributed by atoms with Crippen molar-refractivity contribution in [2.24, 2.45) is 0 Å². The Morgan fingerprint density at radius 2 is 2.16 bits per heavy atom. The van der Waals surface area contributed by atoms with Crippen molar-refractivity contribution >= 4 is 27.7 Å². The fourth-order valence-corrected chi connectivity index (χ4v) is 2.77. The molecule has 0 spiro atoms. The van der Waals surface area contributed by atoms with Gasteiger partial charge in [0.2, 0.25) is 0 Å². The average Bonchev–Trinajstić information content (AvgIpc) is 3.07. The summed E-state index contributed by atoms with van der Waals surface area (Å²) in [6, 6.07) is 5.54. The molecule has 1 aliphatic rings. The highest BCUT2D eigenvalue weighted by Crippen LogP contribution is 2.31. The van der Waals surface area contributed by atoms with Gasteiger partial charge < -0.3 is 9.73 Å². The molecule has 5 nitrogen and oxygen atoms in total. The maximum atomic E-state index is 12.0. The van der Waals surface area contributed by atoms with E-state index < -0.39 is 0 Å². The van der Waals surface area contributed by atoms with E-state index in [1.807, 2.05) is 10.7 Å². The lowest BCUT2D eigenvalue weighted by molar-refractivity contribution is 0.0994. The van der Waals surface area contributed by atoms with Gasteiger partial charge in [0.25, 0.3) is 5.91 Å². The molecule has 3 rings (SSSR count). The van der Waals surface area contributed by atoms with Gasteiger partial charge in [-0.2, -0.15) is 5.10 Å². The molecule has 1 amide bonds. The predicted octanol–water partition coefficient (Wildman–Crippen LogP) is 3.61. The Hall–Kier alpha value is -1.56. The molecule has 1 aliphatic carbocycles. The van der Waals surface area contributed by atoms with Crippen LogP contribution in [0.2, 0.25) is 0 Å². The summed E-state index contributed by atoms with van der Waals surface area (Å²) in [5, 5.41) is 7.16. The smallest absolute Gasteiger partial charge is 0.292 e. The second-order valence-corrected chi connectivity index (χ2v) is 5.44. The van der Waals surface area contributed by atoms with Gasteiger partial charge >= 0.3 is 0 Å². The summed E-state index contributed by atoms with van der Waals surface area (Å²) in [6.07, 6.45) is 6.41. The van der Waals surface area contributed by atoms with E-state index in [9.17, 15) is 4.79 Å². The van der Waals surface area contributed by atoms with Crippen LogP contribution in [0.1, 0.15) is 42.3 Å². The molecule has 100 valence electrons. The third kappa shape index (κ3) is 2.58. The Balaban J connectivity index is 1.76. The van der Waals surface area contributed by atoms with Crippen LogP contribution in [0.25, 0.3) is 0 Å². The molecule has 0 radical (unpaired) electrons. The molecule has 0 bridgehead atoms. The highest BCUT2D eigenvalue weighted by Gasteiger charge is 2.21. The number of anilines is 1. The summed E-state index contributed by atoms with van der Waals surface area (Å²) in [5.74, 6) is 0.751. The van der Waals surface area contributed by atoms with E-state index in [0.29, 0.717) is 10.7 Å². The van der Waals surface area contributed by atoms with E-state index in [1.54, 1.807) is 18.3 Å². The van der Waals surface area contributed by atoms with Crippen molar-refractivity contribution < 1.29 is 9.21 Å². The largest absolute Gasteiger partial charge is 0.444 e. The molecular formula is C13H14BrN3O2. The number of carbonyl (C=O) groups excluding carboxylic acids is 1. The minimum Gasteiger partial charge on any atom is -0.444 e. The number of rotatable bonds is 3. The van der Waals surface area contributed by atoms with E-state index >= 15 is 0 Å². The van der Waals surface area contributed by atoms with E-state index in [-0.39, 0.29) is 11.7 Å². The number of furan rings is 1. The summed E-state index contributed by atoms with van der Waals surface area (Å²) in [7, 11) is 0. The van der Waals surface area contributed by atoms with E-state index in [0.717, 1.165) is 18.7 Å². The van der Waals surface area contributed by atoms with Crippen molar-refractivity contribution in [2.45, 2.75) is 31.7 Å². The van der Waals surface area contributed by atoms with Crippen LogP contribution < -0.4 is 5.32 Å². The van der Waals surface area contributed by atoms with Gasteiger partial charge in [0.1, 0.15) is 5.82 Å². The predicted molar refractivity (Wildman–Crippen MR) is 74.1 cm³/mol. The maximum Gasteiger partial charge on any atom is 0.292 e. The number of amides is 1. The highest BCUT2D eigenvalue weighted by atomic mass is 79.9. The first-order chi connectivity index (χ1) is 9.24. The van der Waals surface area contributed by atoms with Gasteiger partial charge in [0, 0.05) is 6.07 Å². The molecule has 2 heterocycles. The molecule has 2 aromatic heterocycles. The number of carbonyl (C=O) groups is 1. The molecular weight excluding hydrogens is 310 g/mol. The van der Waals surface area contributed by atoms with Crippen LogP contribution in [-0.4, -0.2) is 15.7 Å². The SMILES string of the molecule is O=C(Nc1ccnn1C1CCCC1)c1ccc(Br)o1. The van der Waals surface area contributed by atoms with Crippen LogP contribution in [0.15, 0.2) is 33.5 Å². The lowest BCUT2D eigenvalue weighted by Gasteiger charge is -2.14. The molecule has 1 fully saturated rings. The zero-order chi connectivity index (χ0) is 13.2. The van der Waals surface area contributed by atoms with Crippen LogP contribution in [-0.2, 0) is 0 Å². The van der Waals surface area contributed by atoms with Crippen LogP contribution in [0.4, 0.5) is 5.82 Å². The van der Waals surface area contributed by atoms with E-state index in [4.69, 9.17) is 4.42 Å². The monoisotopic (exact) mass is 323 g/mol. The van der Waals surface area contributed by atoms with Gasteiger partial charge in [-0.25, -0.2) is 4.68 Å². The van der Waals surface area contributed by atoms with E-state index in [2.05, 4.69) is 26.3 Å². The molecule has 0 aliphatic heterocycles. The topological polar surface area (TPSA) is 60.1 Å². The van der Waals surface area contributed by atoms with Gasteiger partial charge in [-0.1, -0.05) is 12.8 Å². The van der Waals surface area contributed by atoms with Crippen LogP contribution in [0.5, 0.6) is 0 Å². The summed E-state index contributed by atoms with van der Waals surface area (Å²) in [4.78, 5) is 12.0. The van der Waals surface area contributed by atoms with Crippen molar-refractivity contribution in [3.8, 4) is 0 Å². The molecule has 2 aromatic rings. The minimum atomic E-state index is -0.259. The van der Waals surface area contributed by atoms with Gasteiger partial charge in [-0.15, -0.1) is 0 Å². The third-order valence-electron chi connectivity index (χ3n) is 3.38. The van der Waals surface area contributed by atoms with Crippen molar-refractivity contribution in [3.63, 3.8) is 0 Å². The first kappa shape index (κ1) is 12.5. The molecule has 19 heavy (non-hydrogen) atoms. The number of nitrogens with one attached hydrogen (secondary N) is 1. The molecule has 1 saturated carbocycles. The van der Waals surface area contributed by atoms with E-state index in [1.165, 1.54) is 12.8 Å². The minimum absolute atomic E-state index is 0.259. The van der Waals surface area contributed by atoms with Gasteiger partial charge in [-0.3, -0.25) is 4.79 Å². The number of halogens is 1. The Morgan fingerprint density at radius 3 is 2.84 bits per heavy atom. The summed E-state index contributed by atoms with van der Waals surface area (Å²) in [6.45, 7) is 0. The second kappa shape index (κ2) is 5.21. The first-order valence-corrected chi connectivity index (χ1v) is 7.13. The fourth-order valence-electron chi connectivity index (χ4n) is 2.47. The fraction of sp³-hybridized carbons (Fsp3) is 0.385. The summed E-state index contributed by atoms with van der Waals surface area (Å²) >= 11 is 3.18. The lowest BCUT2D eigenvalue weighted by Crippen LogP contribution is -2.17. The van der Waals surface area contributed by atoms with Gasteiger partial charge in [-0.05, 0) is 40.9 Å². The number of aromatic nitrogens is 2. The van der Waals surface area contributed by atoms with Crippen LogP contribution in [0.3, 0.4) is 0 Å². The second-order valence-electron chi connectivity index (χ2n) is 4.66. The first-order valence-electron chi connectivity index (χ1n) is 6.34. The molecule has 0 atom stereocenters. The van der Waals surface area contributed by atoms with Crippen molar-refractivity contribution in [1.82, 2.24) is 9.78 Å². The van der Waals surface area contributed by atoms with Crippen LogP contribution in [0, 0.1) is 0 Å². The molecule has 1 N–H and O–H groups in total. The molecule has 0 unspecified atom stereocenters. The number of hydrogen-bond donors (Lipinski definition) is 1. The third-order valence-corrected chi connectivity index (χ3v) is 3.81. The average molecular weight is 324 g/mol. The highest BCUT2D eigenvalue weighted by molar-refractivity contribution is 9.10. The normalized spacial score (nSPS) is 15.8. The summed E-state index contributed by atoms with van der Waals surface area (Å²) < 4.78 is 7.68. The van der Waals surface area contributed by atoms with Crippen molar-refractivity contribution in [3.05, 3.63) is 34.8 Å². The molecule has 0 saturated heterocycles. The quantitative estimate of drug-likeness (QED) is 0.938. The molecule has 0 aromatic carbocycles. The standard InChI is InChI=1S/C13H14BrN3O2/c14-11-6-5-10(19-11)13(18)16-12-7-8-15-17(12)9-3-1-2-4-9/h5-9H,1-4H2,(H,16,18). The van der Waals surface area contributed by atoms with Crippen molar-refractivity contribution in [1.29, 1.82) is 0 Å². The number of hydrogen-bond acceptors (Lipinski definition) is 3. The zero-order valence-corrected chi connectivity index (χ0v) is 11.9. The Labute approximate surface area is 119 Å². The van der Waals surface area contributed by atoms with Crippen LogP contribution >= 0.6 is 15.9 Å². The molecule has 6 heteroatoms. The Bertz CT molecular complexity index is 584. The zero-order valence-electron chi connectivity index (χ0n) is 10.3. The number of nitrogens with zero attached hydrogens (tertiary/aromatic N) is 2. The Morgan fingerprint density at radius 1 is 1.37 bits per heavy atom. The van der Waals surface area contributed by atoms with Gasteiger partial charge in [0.15, 0.2) is 10.4 Å². The van der Waals surface area contributed by atoms with Crippen molar-refractivity contribution in [2.75, 3.05) is 5.32 Å². The summed E-state index contributed by atoms with van der Waals surface area (Å²) in [5.41, 5.74) is 0. The lowest BCUT2D eigenvalue weighted by atomic mass is 10.2. The van der Waals surface area contributed by atoms with Gasteiger partial charge in [0.05, 0.1) is 12.2 Å². The maximum absolute atomic E-state index is 12.0. The Kier molecular flexibility index (Phi) is 3.42.